The number of hydrogen-bond donors (Lipinski definition) is 0. The van der Waals surface area contributed by atoms with Gasteiger partial charge < -0.3 is 14.4 Å². The lowest BCUT2D eigenvalue weighted by molar-refractivity contribution is 0.0734. The van der Waals surface area contributed by atoms with E-state index in [1.807, 2.05) is 41.3 Å². The fraction of sp³-hybridized carbons (Fsp3) is 0.235. The second kappa shape index (κ2) is 5.32. The molecule has 0 atom stereocenters. The fourth-order valence-corrected chi connectivity index (χ4v) is 3.32. The Labute approximate surface area is 136 Å². The molecule has 0 bridgehead atoms. The van der Waals surface area contributed by atoms with Crippen LogP contribution in [0, 0.1) is 0 Å². The molecule has 4 rings (SSSR count). The molecule has 0 fully saturated rings. The van der Waals surface area contributed by atoms with Crippen molar-refractivity contribution in [3.8, 4) is 11.5 Å². The summed E-state index contributed by atoms with van der Waals surface area (Å²) in [4.78, 5) is 14.5. The summed E-state index contributed by atoms with van der Waals surface area (Å²) in [7, 11) is 0. The normalized spacial score (nSPS) is 15.6. The Morgan fingerprint density at radius 1 is 1.09 bits per heavy atom. The molecule has 112 valence electrons. The molecule has 0 unspecified atom stereocenters. The van der Waals surface area contributed by atoms with Gasteiger partial charge in [-0.05, 0) is 47.9 Å². The first-order valence-electron chi connectivity index (χ1n) is 7.17. The first-order chi connectivity index (χ1) is 10.7. The van der Waals surface area contributed by atoms with Crippen LogP contribution in [0.25, 0.3) is 0 Å². The molecular weight excluding hydrogens is 346 g/mol. The molecule has 0 spiro atoms. The monoisotopic (exact) mass is 359 g/mol. The molecule has 0 saturated carbocycles. The second-order valence-corrected chi connectivity index (χ2v) is 6.38. The van der Waals surface area contributed by atoms with Gasteiger partial charge in [0.05, 0.1) is 0 Å². The number of amides is 1. The van der Waals surface area contributed by atoms with Gasteiger partial charge in [-0.1, -0.05) is 22.0 Å². The zero-order chi connectivity index (χ0) is 15.1. The van der Waals surface area contributed by atoms with Crippen LogP contribution in [0.4, 0.5) is 0 Å². The first-order valence-corrected chi connectivity index (χ1v) is 7.96. The van der Waals surface area contributed by atoms with Gasteiger partial charge in [-0.15, -0.1) is 0 Å². The van der Waals surface area contributed by atoms with Gasteiger partial charge in [0.2, 0.25) is 6.79 Å². The van der Waals surface area contributed by atoms with Gasteiger partial charge in [0.15, 0.2) is 11.5 Å². The number of nitrogens with zero attached hydrogens (tertiary/aromatic N) is 1. The maximum atomic E-state index is 12.6. The zero-order valence-electron chi connectivity index (χ0n) is 11.8. The quantitative estimate of drug-likeness (QED) is 0.783. The van der Waals surface area contributed by atoms with Crippen molar-refractivity contribution >= 4 is 21.8 Å². The van der Waals surface area contributed by atoms with Crippen LogP contribution >= 0.6 is 15.9 Å². The standard InChI is InChI=1S/C17H14BrNO3/c18-14-3-1-2-12(6-14)17(20)19-5-4-11-7-15-16(22-10-21-15)8-13(11)9-19/h1-3,6-8H,4-5,9-10H2. The van der Waals surface area contributed by atoms with Crippen molar-refractivity contribution in [2.45, 2.75) is 13.0 Å². The van der Waals surface area contributed by atoms with Crippen molar-refractivity contribution in [3.63, 3.8) is 0 Å². The molecule has 0 aromatic heterocycles. The minimum Gasteiger partial charge on any atom is -0.454 e. The third kappa shape index (κ3) is 2.35. The molecule has 1 amide bonds. The van der Waals surface area contributed by atoms with Crippen LogP contribution in [0.15, 0.2) is 40.9 Å². The lowest BCUT2D eigenvalue weighted by Gasteiger charge is -2.29. The van der Waals surface area contributed by atoms with Crippen molar-refractivity contribution in [2.24, 2.45) is 0 Å². The minimum absolute atomic E-state index is 0.0598. The lowest BCUT2D eigenvalue weighted by atomic mass is 9.98. The van der Waals surface area contributed by atoms with E-state index in [2.05, 4.69) is 15.9 Å². The van der Waals surface area contributed by atoms with Crippen molar-refractivity contribution < 1.29 is 14.3 Å². The van der Waals surface area contributed by atoms with Crippen LogP contribution in [0.1, 0.15) is 21.5 Å². The molecule has 22 heavy (non-hydrogen) atoms. The average Bonchev–Trinajstić information content (AvgIpc) is 2.98. The van der Waals surface area contributed by atoms with Gasteiger partial charge in [0.25, 0.3) is 5.91 Å². The van der Waals surface area contributed by atoms with E-state index in [0.717, 1.165) is 34.5 Å². The third-order valence-electron chi connectivity index (χ3n) is 4.07. The van der Waals surface area contributed by atoms with Gasteiger partial charge in [-0.3, -0.25) is 4.79 Å². The van der Waals surface area contributed by atoms with E-state index in [1.54, 1.807) is 0 Å². The van der Waals surface area contributed by atoms with Gasteiger partial charge in [-0.2, -0.15) is 0 Å². The maximum Gasteiger partial charge on any atom is 0.254 e. The van der Waals surface area contributed by atoms with Crippen molar-refractivity contribution in [1.29, 1.82) is 0 Å². The highest BCUT2D eigenvalue weighted by atomic mass is 79.9. The number of hydrogen-bond acceptors (Lipinski definition) is 3. The van der Waals surface area contributed by atoms with Crippen LogP contribution in [-0.2, 0) is 13.0 Å². The van der Waals surface area contributed by atoms with E-state index in [0.29, 0.717) is 12.1 Å². The van der Waals surface area contributed by atoms with Crippen molar-refractivity contribution in [2.75, 3.05) is 13.3 Å². The van der Waals surface area contributed by atoms with Gasteiger partial charge >= 0.3 is 0 Å². The highest BCUT2D eigenvalue weighted by Crippen LogP contribution is 2.36. The number of carbonyl (C=O) groups excluding carboxylic acids is 1. The molecule has 5 heteroatoms. The van der Waals surface area contributed by atoms with Crippen LogP contribution in [0.2, 0.25) is 0 Å². The Hall–Kier alpha value is -2.01. The number of carbonyl (C=O) groups is 1. The molecule has 2 aliphatic heterocycles. The zero-order valence-corrected chi connectivity index (χ0v) is 13.4. The fourth-order valence-electron chi connectivity index (χ4n) is 2.92. The van der Waals surface area contributed by atoms with E-state index in [-0.39, 0.29) is 12.7 Å². The van der Waals surface area contributed by atoms with Crippen LogP contribution < -0.4 is 9.47 Å². The van der Waals surface area contributed by atoms with Gasteiger partial charge in [0.1, 0.15) is 0 Å². The van der Waals surface area contributed by atoms with Crippen molar-refractivity contribution in [3.05, 3.63) is 57.6 Å². The summed E-state index contributed by atoms with van der Waals surface area (Å²) in [5, 5.41) is 0. The summed E-state index contributed by atoms with van der Waals surface area (Å²) in [5.74, 6) is 1.64. The molecule has 0 N–H and O–H groups in total. The smallest absolute Gasteiger partial charge is 0.254 e. The molecule has 0 radical (unpaired) electrons. The van der Waals surface area contributed by atoms with E-state index in [1.165, 1.54) is 5.56 Å². The molecule has 2 aliphatic rings. The Balaban J connectivity index is 1.60. The largest absolute Gasteiger partial charge is 0.454 e. The number of benzene rings is 2. The highest BCUT2D eigenvalue weighted by Gasteiger charge is 2.25. The summed E-state index contributed by atoms with van der Waals surface area (Å²) >= 11 is 3.41. The third-order valence-corrected chi connectivity index (χ3v) is 4.56. The van der Waals surface area contributed by atoms with Crippen LogP contribution in [-0.4, -0.2) is 24.1 Å². The number of fused-ring (bicyclic) bond motifs is 2. The van der Waals surface area contributed by atoms with E-state index < -0.39 is 0 Å². The second-order valence-electron chi connectivity index (χ2n) is 5.46. The summed E-state index contributed by atoms with van der Waals surface area (Å²) in [6.07, 6.45) is 0.839. The van der Waals surface area contributed by atoms with Gasteiger partial charge in [-0.25, -0.2) is 0 Å². The molecule has 0 saturated heterocycles. The summed E-state index contributed by atoms with van der Waals surface area (Å²) < 4.78 is 11.8. The predicted molar refractivity (Wildman–Crippen MR) is 85.2 cm³/mol. The molecule has 2 aromatic rings. The van der Waals surface area contributed by atoms with E-state index in [4.69, 9.17) is 9.47 Å². The van der Waals surface area contributed by atoms with E-state index >= 15 is 0 Å². The minimum atomic E-state index is 0.0598. The van der Waals surface area contributed by atoms with Gasteiger partial charge in [0, 0.05) is 23.1 Å². The van der Waals surface area contributed by atoms with Crippen molar-refractivity contribution in [1.82, 2.24) is 4.90 Å². The highest BCUT2D eigenvalue weighted by molar-refractivity contribution is 9.10. The maximum absolute atomic E-state index is 12.6. The first kappa shape index (κ1) is 13.6. The molecule has 0 aliphatic carbocycles. The molecule has 4 nitrogen and oxygen atoms in total. The number of rotatable bonds is 1. The summed E-state index contributed by atoms with van der Waals surface area (Å²) in [5.41, 5.74) is 3.08. The molecule has 2 aromatic carbocycles. The summed E-state index contributed by atoms with van der Waals surface area (Å²) in [6.45, 7) is 1.61. The Kier molecular flexibility index (Phi) is 3.30. The molecule has 2 heterocycles. The number of halogens is 1. The van der Waals surface area contributed by atoms with Crippen LogP contribution in [0.3, 0.4) is 0 Å². The predicted octanol–water partition coefficient (Wildman–Crippen LogP) is 3.38. The average molecular weight is 360 g/mol. The SMILES string of the molecule is O=C(c1cccc(Br)c1)N1CCc2cc3c(cc2C1)OCO3. The Bertz CT molecular complexity index is 760. The molecular formula is C17H14BrNO3. The number of ether oxygens (including phenoxy) is 2. The Morgan fingerprint density at radius 3 is 2.64 bits per heavy atom. The lowest BCUT2D eigenvalue weighted by Crippen LogP contribution is -2.35. The van der Waals surface area contributed by atoms with Crippen LogP contribution in [0.5, 0.6) is 11.5 Å². The Morgan fingerprint density at radius 2 is 1.86 bits per heavy atom. The van der Waals surface area contributed by atoms with E-state index in [9.17, 15) is 4.79 Å². The topological polar surface area (TPSA) is 38.8 Å². The summed E-state index contributed by atoms with van der Waals surface area (Å²) in [6, 6.07) is 11.5.